The lowest BCUT2D eigenvalue weighted by atomic mass is 10.3. The predicted octanol–water partition coefficient (Wildman–Crippen LogP) is 3.41. The van der Waals surface area contributed by atoms with Crippen LogP contribution in [-0.4, -0.2) is 47.6 Å². The SMILES string of the molecule is CN(c1cnc2c(c1)nc(Nc1ccccc1)n2C)c1ccnc(Nc2cnn(CC=O)c2)n1. The lowest BCUT2D eigenvalue weighted by molar-refractivity contribution is -0.108. The van der Waals surface area contributed by atoms with Crippen LogP contribution in [0.4, 0.5) is 34.8 Å². The van der Waals surface area contributed by atoms with Gasteiger partial charge in [-0.3, -0.25) is 9.25 Å². The zero-order chi connectivity index (χ0) is 23.5. The molecule has 0 fully saturated rings. The van der Waals surface area contributed by atoms with Gasteiger partial charge in [-0.2, -0.15) is 10.1 Å². The number of aldehydes is 1. The Balaban J connectivity index is 1.38. The number of benzene rings is 1. The maximum atomic E-state index is 10.7. The lowest BCUT2D eigenvalue weighted by Crippen LogP contribution is -2.12. The number of carbonyl (C=O) groups is 1. The van der Waals surface area contributed by atoms with Gasteiger partial charge in [-0.25, -0.2) is 15.0 Å². The highest BCUT2D eigenvalue weighted by Crippen LogP contribution is 2.27. The standard InChI is InChI=1S/C23H22N10O/c1-31(20-8-9-24-22(30-20)27-17-13-26-33(15-17)10-11-34)18-12-19-21(25-14-18)32(2)23(29-19)28-16-6-4-3-5-7-16/h3-9,11-15H,10H2,1-2H3,(H,28,29)(H,24,27,30). The summed E-state index contributed by atoms with van der Waals surface area (Å²) in [6, 6.07) is 13.7. The second kappa shape index (κ2) is 8.98. The van der Waals surface area contributed by atoms with E-state index in [1.807, 2.05) is 66.0 Å². The van der Waals surface area contributed by atoms with Gasteiger partial charge in [0.1, 0.15) is 17.6 Å². The van der Waals surface area contributed by atoms with Crippen molar-refractivity contribution in [3.8, 4) is 0 Å². The number of nitrogens with one attached hydrogen (secondary N) is 2. The minimum absolute atomic E-state index is 0.191. The van der Waals surface area contributed by atoms with E-state index >= 15 is 0 Å². The molecule has 0 atom stereocenters. The summed E-state index contributed by atoms with van der Waals surface area (Å²) in [6.07, 6.45) is 7.58. The van der Waals surface area contributed by atoms with Crippen LogP contribution in [0, 0.1) is 0 Å². The number of para-hydroxylation sites is 1. The van der Waals surface area contributed by atoms with Crippen LogP contribution >= 0.6 is 0 Å². The minimum Gasteiger partial charge on any atom is -0.328 e. The molecule has 0 saturated heterocycles. The van der Waals surface area contributed by atoms with Gasteiger partial charge in [0, 0.05) is 32.2 Å². The first-order valence-electron chi connectivity index (χ1n) is 10.5. The summed E-state index contributed by atoms with van der Waals surface area (Å²) >= 11 is 0. The molecule has 2 N–H and O–H groups in total. The molecule has 0 amide bonds. The average Bonchev–Trinajstić information content (AvgIpc) is 3.43. The zero-order valence-corrected chi connectivity index (χ0v) is 18.6. The fourth-order valence-electron chi connectivity index (χ4n) is 3.47. The van der Waals surface area contributed by atoms with E-state index in [1.165, 1.54) is 4.68 Å². The number of hydrogen-bond acceptors (Lipinski definition) is 9. The highest BCUT2D eigenvalue weighted by Gasteiger charge is 2.14. The van der Waals surface area contributed by atoms with Crippen LogP contribution in [0.5, 0.6) is 0 Å². The van der Waals surface area contributed by atoms with Crippen molar-refractivity contribution in [1.29, 1.82) is 0 Å². The first kappa shape index (κ1) is 21.1. The quantitative estimate of drug-likeness (QED) is 0.340. The summed E-state index contributed by atoms with van der Waals surface area (Å²) in [5, 5.41) is 10.5. The molecule has 0 spiro atoms. The van der Waals surface area contributed by atoms with Crippen LogP contribution in [0.3, 0.4) is 0 Å². The van der Waals surface area contributed by atoms with Crippen LogP contribution in [0.2, 0.25) is 0 Å². The molecule has 170 valence electrons. The molecule has 0 saturated carbocycles. The van der Waals surface area contributed by atoms with Crippen molar-refractivity contribution in [3.63, 3.8) is 0 Å². The van der Waals surface area contributed by atoms with Gasteiger partial charge < -0.3 is 20.3 Å². The van der Waals surface area contributed by atoms with Crippen LogP contribution in [-0.2, 0) is 18.4 Å². The number of imidazole rings is 1. The molecule has 1 aromatic carbocycles. The Bertz CT molecular complexity index is 1440. The number of pyridine rings is 1. The summed E-state index contributed by atoms with van der Waals surface area (Å²) in [5.74, 6) is 1.80. The maximum absolute atomic E-state index is 10.7. The zero-order valence-electron chi connectivity index (χ0n) is 18.6. The fourth-order valence-corrected chi connectivity index (χ4v) is 3.47. The third kappa shape index (κ3) is 4.26. The normalized spacial score (nSPS) is 10.9. The highest BCUT2D eigenvalue weighted by molar-refractivity contribution is 5.80. The first-order valence-corrected chi connectivity index (χ1v) is 10.5. The number of carbonyl (C=O) groups excluding carboxylic acids is 1. The highest BCUT2D eigenvalue weighted by atomic mass is 16.1. The van der Waals surface area contributed by atoms with Crippen molar-refractivity contribution in [1.82, 2.24) is 34.3 Å². The molecule has 5 aromatic rings. The summed E-state index contributed by atoms with van der Waals surface area (Å²) in [6.45, 7) is 0.191. The van der Waals surface area contributed by atoms with Crippen molar-refractivity contribution >= 4 is 52.2 Å². The molecule has 0 radical (unpaired) electrons. The van der Waals surface area contributed by atoms with Crippen LogP contribution in [0.15, 0.2) is 67.3 Å². The number of rotatable bonds is 8. The predicted molar refractivity (Wildman–Crippen MR) is 130 cm³/mol. The van der Waals surface area contributed by atoms with Crippen LogP contribution in [0.25, 0.3) is 11.2 Å². The second-order valence-electron chi connectivity index (χ2n) is 7.56. The average molecular weight is 454 g/mol. The number of nitrogens with zero attached hydrogens (tertiary/aromatic N) is 8. The van der Waals surface area contributed by atoms with Gasteiger partial charge in [0.05, 0.1) is 30.3 Å². The molecule has 11 heteroatoms. The largest absolute Gasteiger partial charge is 0.328 e. The Morgan fingerprint density at radius 2 is 1.88 bits per heavy atom. The van der Waals surface area contributed by atoms with E-state index < -0.39 is 0 Å². The Kier molecular flexibility index (Phi) is 5.56. The van der Waals surface area contributed by atoms with Crippen molar-refractivity contribution in [2.24, 2.45) is 7.05 Å². The Hall–Kier alpha value is -4.80. The van der Waals surface area contributed by atoms with Gasteiger partial charge in [0.15, 0.2) is 5.65 Å². The first-order chi connectivity index (χ1) is 16.6. The number of aryl methyl sites for hydroxylation is 1. The molecule has 0 aliphatic rings. The van der Waals surface area contributed by atoms with Gasteiger partial charge >= 0.3 is 0 Å². The van der Waals surface area contributed by atoms with Gasteiger partial charge in [-0.1, -0.05) is 18.2 Å². The summed E-state index contributed by atoms with van der Waals surface area (Å²) < 4.78 is 3.45. The molecule has 4 aromatic heterocycles. The van der Waals surface area contributed by atoms with E-state index in [9.17, 15) is 4.79 Å². The van der Waals surface area contributed by atoms with E-state index in [0.717, 1.165) is 28.8 Å². The molecular weight excluding hydrogens is 432 g/mol. The molecule has 0 aliphatic heterocycles. The number of fused-ring (bicyclic) bond motifs is 1. The van der Waals surface area contributed by atoms with Gasteiger partial charge in [0.2, 0.25) is 11.9 Å². The van der Waals surface area contributed by atoms with Gasteiger partial charge in [-0.15, -0.1) is 0 Å². The molecule has 0 bridgehead atoms. The van der Waals surface area contributed by atoms with Gasteiger partial charge in [0.25, 0.3) is 0 Å². The topological polar surface area (TPSA) is 119 Å². The van der Waals surface area contributed by atoms with E-state index in [2.05, 4.69) is 30.7 Å². The molecule has 0 aliphatic carbocycles. The Morgan fingerprint density at radius 3 is 2.71 bits per heavy atom. The van der Waals surface area contributed by atoms with Crippen LogP contribution in [0.1, 0.15) is 0 Å². The molecule has 5 rings (SSSR count). The monoisotopic (exact) mass is 454 g/mol. The maximum Gasteiger partial charge on any atom is 0.229 e. The molecule has 34 heavy (non-hydrogen) atoms. The van der Waals surface area contributed by atoms with E-state index in [4.69, 9.17) is 4.98 Å². The molecular formula is C23H22N10O. The van der Waals surface area contributed by atoms with Crippen molar-refractivity contribution in [3.05, 3.63) is 67.3 Å². The third-order valence-corrected chi connectivity index (χ3v) is 5.25. The van der Waals surface area contributed by atoms with Crippen molar-refractivity contribution in [2.75, 3.05) is 22.6 Å². The Labute approximate surface area is 195 Å². The fraction of sp³-hybridized carbons (Fsp3) is 0.130. The van der Waals surface area contributed by atoms with E-state index in [-0.39, 0.29) is 6.54 Å². The molecule has 0 unspecified atom stereocenters. The van der Waals surface area contributed by atoms with E-state index in [1.54, 1.807) is 24.8 Å². The van der Waals surface area contributed by atoms with E-state index in [0.29, 0.717) is 23.4 Å². The third-order valence-electron chi connectivity index (χ3n) is 5.25. The number of hydrogen-bond donors (Lipinski definition) is 2. The lowest BCUT2D eigenvalue weighted by Gasteiger charge is -2.18. The van der Waals surface area contributed by atoms with Gasteiger partial charge in [-0.05, 0) is 24.3 Å². The minimum atomic E-state index is 0.191. The number of aromatic nitrogens is 7. The molecule has 11 nitrogen and oxygen atoms in total. The van der Waals surface area contributed by atoms with Crippen molar-refractivity contribution in [2.45, 2.75) is 6.54 Å². The summed E-state index contributed by atoms with van der Waals surface area (Å²) in [5.41, 5.74) is 4.01. The van der Waals surface area contributed by atoms with Crippen molar-refractivity contribution < 1.29 is 4.79 Å². The smallest absolute Gasteiger partial charge is 0.229 e. The summed E-state index contributed by atoms with van der Waals surface area (Å²) in [4.78, 5) is 30.8. The Morgan fingerprint density at radius 1 is 1.03 bits per heavy atom. The molecule has 4 heterocycles. The summed E-state index contributed by atoms with van der Waals surface area (Å²) in [7, 11) is 3.83. The second-order valence-corrected chi connectivity index (χ2v) is 7.56. The number of anilines is 6. The van der Waals surface area contributed by atoms with Crippen LogP contribution < -0.4 is 15.5 Å².